The van der Waals surface area contributed by atoms with Crippen molar-refractivity contribution >= 4 is 5.52 Å². The van der Waals surface area contributed by atoms with Gasteiger partial charge in [0.2, 0.25) is 0 Å². The standard InChI is InChI=1S/C23H29N5O2/c1-15-13-27(23(30)25-22(15)29)21-12-24-28-8-6-19(11-20(21)28)10-18-5-7-26(16(2)9-18)14-17-3-4-17/h6,8,11-13,16-18H,3-5,7,9-10,14H2,1-2H3,(H,25,29,30)/t16-,18+/m0/s1. The molecule has 4 heterocycles. The minimum Gasteiger partial charge on any atom is -0.300 e. The first-order valence-corrected chi connectivity index (χ1v) is 11.0. The molecule has 0 unspecified atom stereocenters. The molecule has 2 aliphatic rings. The minimum absolute atomic E-state index is 0.351. The van der Waals surface area contributed by atoms with Crippen LogP contribution in [0.3, 0.4) is 0 Å². The van der Waals surface area contributed by atoms with Crippen molar-refractivity contribution in [3.63, 3.8) is 0 Å². The summed E-state index contributed by atoms with van der Waals surface area (Å²) < 4.78 is 3.26. The van der Waals surface area contributed by atoms with Crippen molar-refractivity contribution in [2.45, 2.75) is 52.0 Å². The van der Waals surface area contributed by atoms with Gasteiger partial charge >= 0.3 is 5.69 Å². The van der Waals surface area contributed by atoms with Crippen LogP contribution in [0.15, 0.2) is 40.3 Å². The molecule has 158 valence electrons. The third-order valence-electron chi connectivity index (χ3n) is 6.78. The number of aromatic nitrogens is 4. The lowest BCUT2D eigenvalue weighted by Crippen LogP contribution is -2.42. The molecular weight excluding hydrogens is 378 g/mol. The molecule has 0 spiro atoms. The maximum Gasteiger partial charge on any atom is 0.333 e. The molecule has 0 aromatic carbocycles. The SMILES string of the molecule is Cc1cn(-c2cnn3ccc(C[C@@H]4CCN(CC5CC5)[C@@H](C)C4)cc23)c(=O)[nH]c1=O. The molecule has 7 nitrogen and oxygen atoms in total. The average Bonchev–Trinajstić information content (AvgIpc) is 3.44. The van der Waals surface area contributed by atoms with E-state index in [9.17, 15) is 9.59 Å². The number of aryl methyl sites for hydroxylation is 1. The Balaban J connectivity index is 1.38. The molecule has 5 rings (SSSR count). The molecule has 7 heteroatoms. The minimum atomic E-state index is -0.442. The van der Waals surface area contributed by atoms with E-state index >= 15 is 0 Å². The van der Waals surface area contributed by atoms with Gasteiger partial charge in [-0.1, -0.05) is 0 Å². The van der Waals surface area contributed by atoms with Crippen molar-refractivity contribution in [1.82, 2.24) is 24.1 Å². The van der Waals surface area contributed by atoms with E-state index in [1.807, 2.05) is 6.20 Å². The molecule has 1 N–H and O–H groups in total. The number of nitrogens with zero attached hydrogens (tertiary/aromatic N) is 4. The molecule has 2 fully saturated rings. The van der Waals surface area contributed by atoms with Gasteiger partial charge in [-0.3, -0.25) is 14.3 Å². The summed E-state index contributed by atoms with van der Waals surface area (Å²) in [5.74, 6) is 1.63. The molecule has 0 radical (unpaired) electrons. The Bertz CT molecular complexity index is 1190. The lowest BCUT2D eigenvalue weighted by Gasteiger charge is -2.38. The van der Waals surface area contributed by atoms with Crippen LogP contribution >= 0.6 is 0 Å². The van der Waals surface area contributed by atoms with E-state index < -0.39 is 5.69 Å². The summed E-state index contributed by atoms with van der Waals surface area (Å²) in [4.78, 5) is 29.1. The van der Waals surface area contributed by atoms with E-state index in [1.165, 1.54) is 48.9 Å². The second-order valence-electron chi connectivity index (χ2n) is 9.22. The van der Waals surface area contributed by atoms with Crippen LogP contribution in [-0.4, -0.2) is 43.2 Å². The Morgan fingerprint density at radius 2 is 2.03 bits per heavy atom. The summed E-state index contributed by atoms with van der Waals surface area (Å²) >= 11 is 0. The second-order valence-corrected chi connectivity index (χ2v) is 9.22. The van der Waals surface area contributed by atoms with Crippen LogP contribution in [-0.2, 0) is 6.42 Å². The van der Waals surface area contributed by atoms with Gasteiger partial charge in [0.05, 0.1) is 17.4 Å². The Morgan fingerprint density at radius 1 is 1.20 bits per heavy atom. The van der Waals surface area contributed by atoms with Crippen molar-refractivity contribution in [3.8, 4) is 5.69 Å². The highest BCUT2D eigenvalue weighted by atomic mass is 16.2. The predicted octanol–water partition coefficient (Wildman–Crippen LogP) is 2.53. The molecule has 1 aliphatic carbocycles. The Morgan fingerprint density at radius 3 is 2.80 bits per heavy atom. The smallest absolute Gasteiger partial charge is 0.300 e. The number of likely N-dealkylation sites (tertiary alicyclic amines) is 1. The number of piperidine rings is 1. The summed E-state index contributed by atoms with van der Waals surface area (Å²) in [6.07, 6.45) is 11.6. The Kier molecular flexibility index (Phi) is 4.85. The van der Waals surface area contributed by atoms with Crippen molar-refractivity contribution in [3.05, 3.63) is 62.7 Å². The molecule has 1 saturated heterocycles. The van der Waals surface area contributed by atoms with Crippen LogP contribution in [0.1, 0.15) is 43.7 Å². The number of hydrogen-bond donors (Lipinski definition) is 1. The van der Waals surface area contributed by atoms with Crippen LogP contribution in [0.5, 0.6) is 0 Å². The number of hydrogen-bond acceptors (Lipinski definition) is 4. The van der Waals surface area contributed by atoms with E-state index in [0.29, 0.717) is 23.2 Å². The number of fused-ring (bicyclic) bond motifs is 1. The van der Waals surface area contributed by atoms with Gasteiger partial charge in [0, 0.05) is 30.5 Å². The topological polar surface area (TPSA) is 75.4 Å². The highest BCUT2D eigenvalue weighted by Gasteiger charge is 2.30. The zero-order chi connectivity index (χ0) is 20.8. The molecule has 1 aliphatic heterocycles. The zero-order valence-electron chi connectivity index (χ0n) is 17.7. The van der Waals surface area contributed by atoms with Crippen LogP contribution in [0.2, 0.25) is 0 Å². The highest BCUT2D eigenvalue weighted by Crippen LogP contribution is 2.33. The fourth-order valence-electron chi connectivity index (χ4n) is 4.81. The number of H-pyrrole nitrogens is 1. The van der Waals surface area contributed by atoms with Gasteiger partial charge in [0.15, 0.2) is 0 Å². The van der Waals surface area contributed by atoms with Gasteiger partial charge in [-0.05, 0) is 82.0 Å². The van der Waals surface area contributed by atoms with Gasteiger partial charge in [-0.25, -0.2) is 9.31 Å². The molecule has 1 saturated carbocycles. The molecular formula is C23H29N5O2. The maximum atomic E-state index is 12.3. The van der Waals surface area contributed by atoms with E-state index in [1.54, 1.807) is 23.8 Å². The zero-order valence-corrected chi connectivity index (χ0v) is 17.7. The highest BCUT2D eigenvalue weighted by molar-refractivity contribution is 5.64. The third kappa shape index (κ3) is 3.74. The Hall–Kier alpha value is -2.67. The van der Waals surface area contributed by atoms with Crippen molar-refractivity contribution < 1.29 is 0 Å². The van der Waals surface area contributed by atoms with Crippen molar-refractivity contribution in [2.24, 2.45) is 11.8 Å². The number of rotatable bonds is 5. The normalized spacial score (nSPS) is 22.6. The molecule has 3 aromatic rings. The molecule has 0 amide bonds. The average molecular weight is 408 g/mol. The lowest BCUT2D eigenvalue weighted by atomic mass is 9.86. The Labute approximate surface area is 175 Å². The summed E-state index contributed by atoms with van der Waals surface area (Å²) in [5, 5.41) is 4.39. The summed E-state index contributed by atoms with van der Waals surface area (Å²) in [5.41, 5.74) is 2.54. The first kappa shape index (κ1) is 19.3. The van der Waals surface area contributed by atoms with Crippen LogP contribution in [0.25, 0.3) is 11.2 Å². The van der Waals surface area contributed by atoms with Gasteiger partial charge in [0.25, 0.3) is 5.56 Å². The van der Waals surface area contributed by atoms with Crippen molar-refractivity contribution in [2.75, 3.05) is 13.1 Å². The fourth-order valence-corrected chi connectivity index (χ4v) is 4.81. The molecule has 30 heavy (non-hydrogen) atoms. The van der Waals surface area contributed by atoms with Crippen LogP contribution < -0.4 is 11.2 Å². The number of aromatic amines is 1. The van der Waals surface area contributed by atoms with Crippen LogP contribution in [0, 0.1) is 18.8 Å². The van der Waals surface area contributed by atoms with Gasteiger partial charge in [-0.2, -0.15) is 5.10 Å². The molecule has 3 aromatic heterocycles. The number of nitrogens with one attached hydrogen (secondary N) is 1. The lowest BCUT2D eigenvalue weighted by molar-refractivity contribution is 0.118. The number of pyridine rings is 1. The van der Waals surface area contributed by atoms with E-state index in [-0.39, 0.29) is 5.56 Å². The monoisotopic (exact) mass is 407 g/mol. The largest absolute Gasteiger partial charge is 0.333 e. The van der Waals surface area contributed by atoms with E-state index in [2.05, 4.69) is 34.0 Å². The summed E-state index contributed by atoms with van der Waals surface area (Å²) in [7, 11) is 0. The first-order valence-electron chi connectivity index (χ1n) is 11.0. The van der Waals surface area contributed by atoms with E-state index in [0.717, 1.165) is 17.9 Å². The second kappa shape index (κ2) is 7.54. The van der Waals surface area contributed by atoms with Crippen molar-refractivity contribution in [1.29, 1.82) is 0 Å². The summed E-state index contributed by atoms with van der Waals surface area (Å²) in [6.45, 7) is 6.56. The van der Waals surface area contributed by atoms with Gasteiger partial charge in [-0.15, -0.1) is 0 Å². The molecule has 2 atom stereocenters. The predicted molar refractivity (Wildman–Crippen MR) is 116 cm³/mol. The van der Waals surface area contributed by atoms with Crippen LogP contribution in [0.4, 0.5) is 0 Å². The quantitative estimate of drug-likeness (QED) is 0.705. The molecule has 0 bridgehead atoms. The van der Waals surface area contributed by atoms with Gasteiger partial charge < -0.3 is 4.90 Å². The third-order valence-corrected chi connectivity index (χ3v) is 6.78. The maximum absolute atomic E-state index is 12.3. The fraction of sp³-hybridized carbons (Fsp3) is 0.522. The van der Waals surface area contributed by atoms with E-state index in [4.69, 9.17) is 0 Å². The van der Waals surface area contributed by atoms with Gasteiger partial charge in [0.1, 0.15) is 0 Å². The summed E-state index contributed by atoms with van der Waals surface area (Å²) in [6, 6.07) is 4.92. The first-order chi connectivity index (χ1) is 14.5.